The highest BCUT2D eigenvalue weighted by Crippen LogP contribution is 2.22. The van der Waals surface area contributed by atoms with Crippen molar-refractivity contribution in [3.63, 3.8) is 0 Å². The Labute approximate surface area is 150 Å². The molecule has 0 aliphatic rings. The summed E-state index contributed by atoms with van der Waals surface area (Å²) < 4.78 is 1.01. The molecule has 0 fully saturated rings. The van der Waals surface area contributed by atoms with Crippen LogP contribution in [0.4, 0.5) is 23.1 Å². The van der Waals surface area contributed by atoms with Crippen molar-refractivity contribution >= 4 is 39.1 Å². The lowest BCUT2D eigenvalue weighted by atomic mass is 10.0. The van der Waals surface area contributed by atoms with Crippen LogP contribution in [0, 0.1) is 0 Å². The lowest BCUT2D eigenvalue weighted by Crippen LogP contribution is -2.00. The fraction of sp³-hybridized carbons (Fsp3) is 0.158. The monoisotopic (exact) mass is 382 g/mol. The molecule has 0 atom stereocenters. The van der Waals surface area contributed by atoms with E-state index in [1.165, 1.54) is 5.56 Å². The molecule has 0 spiro atoms. The maximum atomic E-state index is 4.50. The van der Waals surface area contributed by atoms with Crippen LogP contribution < -0.4 is 10.6 Å². The summed E-state index contributed by atoms with van der Waals surface area (Å²) in [7, 11) is 0. The number of hydrogen-bond donors (Lipinski definition) is 2. The third kappa shape index (κ3) is 4.32. The van der Waals surface area contributed by atoms with Crippen LogP contribution in [0.1, 0.15) is 25.3 Å². The van der Waals surface area contributed by atoms with Gasteiger partial charge in [0.15, 0.2) is 0 Å². The van der Waals surface area contributed by atoms with Crippen LogP contribution in [0.5, 0.6) is 0 Å². The maximum Gasteiger partial charge on any atom is 0.229 e. The van der Waals surface area contributed by atoms with Crippen molar-refractivity contribution in [2.75, 3.05) is 10.6 Å². The van der Waals surface area contributed by atoms with Gasteiger partial charge in [-0.05, 0) is 47.9 Å². The second-order valence-corrected chi connectivity index (χ2v) is 6.72. The molecule has 1 aromatic heterocycles. The zero-order valence-corrected chi connectivity index (χ0v) is 15.2. The number of nitrogens with zero attached hydrogens (tertiary/aromatic N) is 2. The third-order valence-corrected chi connectivity index (χ3v) is 4.08. The van der Waals surface area contributed by atoms with Crippen LogP contribution in [0.25, 0.3) is 0 Å². The number of anilines is 4. The van der Waals surface area contributed by atoms with Gasteiger partial charge in [0.2, 0.25) is 5.95 Å². The topological polar surface area (TPSA) is 49.8 Å². The molecule has 2 N–H and O–H groups in total. The van der Waals surface area contributed by atoms with Crippen molar-refractivity contribution in [2.24, 2.45) is 0 Å². The summed E-state index contributed by atoms with van der Waals surface area (Å²) in [6.07, 6.45) is 1.73. The standard InChI is InChI=1S/C19H19BrN4/c1-13(2)14-6-8-16(9-7-14)22-18-10-11-21-19(24-18)23-17-5-3-4-15(20)12-17/h3-13H,1-2H3,(H2,21,22,23,24). The first-order valence-corrected chi connectivity index (χ1v) is 8.62. The van der Waals surface area contributed by atoms with Crippen molar-refractivity contribution in [2.45, 2.75) is 19.8 Å². The Hall–Kier alpha value is -2.40. The van der Waals surface area contributed by atoms with Crippen LogP contribution in [0.3, 0.4) is 0 Å². The van der Waals surface area contributed by atoms with Crippen molar-refractivity contribution in [1.29, 1.82) is 0 Å². The minimum atomic E-state index is 0.527. The molecule has 1 heterocycles. The van der Waals surface area contributed by atoms with E-state index >= 15 is 0 Å². The van der Waals surface area contributed by atoms with Crippen molar-refractivity contribution in [3.05, 3.63) is 70.8 Å². The summed E-state index contributed by atoms with van der Waals surface area (Å²) in [6, 6.07) is 18.1. The average molecular weight is 383 g/mol. The van der Waals surface area contributed by atoms with E-state index in [2.05, 4.69) is 74.6 Å². The maximum absolute atomic E-state index is 4.50. The van der Waals surface area contributed by atoms with E-state index in [0.29, 0.717) is 11.9 Å². The number of hydrogen-bond acceptors (Lipinski definition) is 4. The van der Waals surface area contributed by atoms with Crippen molar-refractivity contribution < 1.29 is 0 Å². The smallest absolute Gasteiger partial charge is 0.229 e. The molecule has 0 aliphatic carbocycles. The van der Waals surface area contributed by atoms with E-state index in [-0.39, 0.29) is 0 Å². The van der Waals surface area contributed by atoms with Crippen LogP contribution >= 0.6 is 15.9 Å². The quantitative estimate of drug-likeness (QED) is 0.580. The normalized spacial score (nSPS) is 10.7. The first-order valence-electron chi connectivity index (χ1n) is 7.83. The third-order valence-electron chi connectivity index (χ3n) is 3.59. The van der Waals surface area contributed by atoms with Gasteiger partial charge in [-0.25, -0.2) is 4.98 Å². The number of aromatic nitrogens is 2. The van der Waals surface area contributed by atoms with Gasteiger partial charge >= 0.3 is 0 Å². The van der Waals surface area contributed by atoms with Gasteiger partial charge in [0, 0.05) is 22.0 Å². The zero-order chi connectivity index (χ0) is 16.9. The molecular weight excluding hydrogens is 364 g/mol. The summed E-state index contributed by atoms with van der Waals surface area (Å²) in [5.41, 5.74) is 3.26. The Morgan fingerprint density at radius 1 is 0.917 bits per heavy atom. The van der Waals surface area contributed by atoms with E-state index in [9.17, 15) is 0 Å². The highest BCUT2D eigenvalue weighted by Gasteiger charge is 2.03. The van der Waals surface area contributed by atoms with Gasteiger partial charge in [-0.15, -0.1) is 0 Å². The largest absolute Gasteiger partial charge is 0.340 e. The zero-order valence-electron chi connectivity index (χ0n) is 13.6. The summed E-state index contributed by atoms with van der Waals surface area (Å²) >= 11 is 3.46. The second-order valence-electron chi connectivity index (χ2n) is 5.80. The van der Waals surface area contributed by atoms with Gasteiger partial charge in [-0.3, -0.25) is 0 Å². The van der Waals surface area contributed by atoms with Gasteiger partial charge in [-0.2, -0.15) is 4.98 Å². The molecule has 4 nitrogen and oxygen atoms in total. The summed E-state index contributed by atoms with van der Waals surface area (Å²) in [4.78, 5) is 8.77. The molecule has 5 heteroatoms. The molecule has 0 aliphatic heterocycles. The lowest BCUT2D eigenvalue weighted by molar-refractivity contribution is 0.867. The SMILES string of the molecule is CC(C)c1ccc(Nc2ccnc(Nc3cccc(Br)c3)n2)cc1. The van der Waals surface area contributed by atoms with Gasteiger partial charge in [0.05, 0.1) is 0 Å². The molecule has 0 unspecified atom stereocenters. The minimum Gasteiger partial charge on any atom is -0.340 e. The van der Waals surface area contributed by atoms with Crippen LogP contribution in [-0.4, -0.2) is 9.97 Å². The van der Waals surface area contributed by atoms with Gasteiger partial charge in [0.25, 0.3) is 0 Å². The fourth-order valence-electron chi connectivity index (χ4n) is 2.28. The van der Waals surface area contributed by atoms with E-state index in [0.717, 1.165) is 21.7 Å². The number of nitrogens with one attached hydrogen (secondary N) is 2. The molecule has 2 aromatic carbocycles. The second kappa shape index (κ2) is 7.45. The molecular formula is C19H19BrN4. The van der Waals surface area contributed by atoms with Crippen LogP contribution in [-0.2, 0) is 0 Å². The summed E-state index contributed by atoms with van der Waals surface area (Å²) in [6.45, 7) is 4.37. The number of halogens is 1. The van der Waals surface area contributed by atoms with Gasteiger partial charge < -0.3 is 10.6 Å². The molecule has 0 saturated heterocycles. The van der Waals surface area contributed by atoms with Gasteiger partial charge in [-0.1, -0.05) is 48.0 Å². The Morgan fingerprint density at radius 3 is 2.42 bits per heavy atom. The molecule has 122 valence electrons. The van der Waals surface area contributed by atoms with Crippen LogP contribution in [0.15, 0.2) is 65.3 Å². The Balaban J connectivity index is 1.73. The van der Waals surface area contributed by atoms with Crippen LogP contribution in [0.2, 0.25) is 0 Å². The van der Waals surface area contributed by atoms with Crippen molar-refractivity contribution in [1.82, 2.24) is 9.97 Å². The van der Waals surface area contributed by atoms with E-state index in [1.54, 1.807) is 6.20 Å². The predicted octanol–water partition coefficient (Wildman–Crippen LogP) is 5.85. The Kier molecular flexibility index (Phi) is 5.11. The van der Waals surface area contributed by atoms with E-state index < -0.39 is 0 Å². The molecule has 3 rings (SSSR count). The van der Waals surface area contributed by atoms with Gasteiger partial charge in [0.1, 0.15) is 5.82 Å². The molecule has 24 heavy (non-hydrogen) atoms. The average Bonchev–Trinajstić information content (AvgIpc) is 2.56. The predicted molar refractivity (Wildman–Crippen MR) is 103 cm³/mol. The molecule has 0 saturated carbocycles. The first-order chi connectivity index (χ1) is 11.6. The lowest BCUT2D eigenvalue weighted by Gasteiger charge is -2.10. The minimum absolute atomic E-state index is 0.527. The Morgan fingerprint density at radius 2 is 1.71 bits per heavy atom. The Bertz CT molecular complexity index is 816. The highest BCUT2D eigenvalue weighted by molar-refractivity contribution is 9.10. The molecule has 0 bridgehead atoms. The molecule has 0 amide bonds. The summed E-state index contributed by atoms with van der Waals surface area (Å²) in [5.74, 6) is 1.83. The highest BCUT2D eigenvalue weighted by atomic mass is 79.9. The van der Waals surface area contributed by atoms with Crippen molar-refractivity contribution in [3.8, 4) is 0 Å². The molecule has 3 aromatic rings. The first kappa shape index (κ1) is 16.5. The summed E-state index contributed by atoms with van der Waals surface area (Å²) in [5, 5.41) is 6.51. The molecule has 0 radical (unpaired) electrons. The van der Waals surface area contributed by atoms with E-state index in [1.807, 2.05) is 30.3 Å². The number of rotatable bonds is 5. The number of benzene rings is 2. The van der Waals surface area contributed by atoms with E-state index in [4.69, 9.17) is 0 Å². The fourth-order valence-corrected chi connectivity index (χ4v) is 2.68.